The van der Waals surface area contributed by atoms with Crippen LogP contribution in [0.25, 0.3) is 0 Å². The van der Waals surface area contributed by atoms with Crippen LogP contribution in [0.4, 0.5) is 5.69 Å². The molecule has 1 aromatic carbocycles. The van der Waals surface area contributed by atoms with E-state index in [1.54, 1.807) is 0 Å². The first-order valence-corrected chi connectivity index (χ1v) is 8.10. The van der Waals surface area contributed by atoms with E-state index in [1.807, 2.05) is 25.2 Å². The number of rotatable bonds is 3. The highest BCUT2D eigenvalue weighted by Crippen LogP contribution is 2.24. The van der Waals surface area contributed by atoms with Gasteiger partial charge in [0.2, 0.25) is 0 Å². The molecular formula is C12H17ClN2O2S. The summed E-state index contributed by atoms with van der Waals surface area (Å²) in [4.78, 5) is 2.07. The third kappa shape index (κ3) is 3.16. The van der Waals surface area contributed by atoms with E-state index in [0.29, 0.717) is 13.1 Å². The lowest BCUT2D eigenvalue weighted by Gasteiger charge is -2.29. The van der Waals surface area contributed by atoms with Crippen LogP contribution in [0.1, 0.15) is 5.56 Å². The number of benzene rings is 1. The van der Waals surface area contributed by atoms with Gasteiger partial charge in [0.05, 0.1) is 11.5 Å². The molecule has 0 spiro atoms. The molecule has 1 N–H and O–H groups in total. The van der Waals surface area contributed by atoms with Crippen molar-refractivity contribution in [2.45, 2.75) is 6.54 Å². The molecule has 2 rings (SSSR count). The Bertz CT molecular complexity index is 517. The van der Waals surface area contributed by atoms with Crippen molar-refractivity contribution < 1.29 is 8.42 Å². The molecule has 100 valence electrons. The normalized spacial score (nSPS) is 18.9. The van der Waals surface area contributed by atoms with Crippen molar-refractivity contribution in [3.05, 3.63) is 28.8 Å². The van der Waals surface area contributed by atoms with Crippen molar-refractivity contribution in [2.24, 2.45) is 0 Å². The molecule has 0 radical (unpaired) electrons. The highest BCUT2D eigenvalue weighted by atomic mass is 35.5. The average Bonchev–Trinajstić information content (AvgIpc) is 2.32. The van der Waals surface area contributed by atoms with Crippen LogP contribution in [0, 0.1) is 0 Å². The lowest BCUT2D eigenvalue weighted by molar-refractivity contribution is 0.587. The maximum absolute atomic E-state index is 11.4. The second kappa shape index (κ2) is 5.47. The maximum atomic E-state index is 11.4. The van der Waals surface area contributed by atoms with Crippen molar-refractivity contribution in [3.8, 4) is 0 Å². The van der Waals surface area contributed by atoms with Crippen LogP contribution in [0.3, 0.4) is 0 Å². The van der Waals surface area contributed by atoms with Gasteiger partial charge in [0.15, 0.2) is 9.84 Å². The Balaban J connectivity index is 2.13. The highest BCUT2D eigenvalue weighted by molar-refractivity contribution is 7.91. The van der Waals surface area contributed by atoms with Crippen molar-refractivity contribution >= 4 is 27.1 Å². The van der Waals surface area contributed by atoms with E-state index >= 15 is 0 Å². The molecule has 1 saturated heterocycles. The summed E-state index contributed by atoms with van der Waals surface area (Å²) in [6.45, 7) is 1.82. The largest absolute Gasteiger partial charge is 0.369 e. The molecule has 4 nitrogen and oxygen atoms in total. The lowest BCUT2D eigenvalue weighted by Crippen LogP contribution is -2.40. The fraction of sp³-hybridized carbons (Fsp3) is 0.500. The average molecular weight is 289 g/mol. The molecule has 0 bridgehead atoms. The van der Waals surface area contributed by atoms with Crippen molar-refractivity contribution in [3.63, 3.8) is 0 Å². The van der Waals surface area contributed by atoms with Crippen molar-refractivity contribution in [1.82, 2.24) is 5.32 Å². The predicted octanol–water partition coefficient (Wildman–Crippen LogP) is 1.29. The van der Waals surface area contributed by atoms with Gasteiger partial charge in [-0.05, 0) is 24.7 Å². The smallest absolute Gasteiger partial charge is 0.153 e. The third-order valence-corrected chi connectivity index (χ3v) is 5.07. The third-order valence-electron chi connectivity index (χ3n) is 3.11. The van der Waals surface area contributed by atoms with Gasteiger partial charge < -0.3 is 10.2 Å². The van der Waals surface area contributed by atoms with Gasteiger partial charge in [0, 0.05) is 30.3 Å². The summed E-state index contributed by atoms with van der Waals surface area (Å²) in [6, 6.07) is 5.89. The van der Waals surface area contributed by atoms with E-state index in [0.717, 1.165) is 22.8 Å². The van der Waals surface area contributed by atoms with Crippen LogP contribution in [-0.4, -0.2) is 40.1 Å². The van der Waals surface area contributed by atoms with E-state index in [-0.39, 0.29) is 11.5 Å². The van der Waals surface area contributed by atoms with Gasteiger partial charge in [-0.1, -0.05) is 17.7 Å². The predicted molar refractivity (Wildman–Crippen MR) is 75.1 cm³/mol. The molecule has 0 atom stereocenters. The second-order valence-corrected chi connectivity index (χ2v) is 7.16. The first kappa shape index (κ1) is 13.6. The highest BCUT2D eigenvalue weighted by Gasteiger charge is 2.21. The fourth-order valence-corrected chi connectivity index (χ4v) is 3.48. The number of halogens is 1. The summed E-state index contributed by atoms with van der Waals surface area (Å²) < 4.78 is 22.7. The summed E-state index contributed by atoms with van der Waals surface area (Å²) >= 11 is 6.20. The van der Waals surface area contributed by atoms with E-state index in [2.05, 4.69) is 10.2 Å². The Kier molecular flexibility index (Phi) is 4.14. The molecule has 1 aliphatic heterocycles. The topological polar surface area (TPSA) is 49.4 Å². The lowest BCUT2D eigenvalue weighted by atomic mass is 10.2. The van der Waals surface area contributed by atoms with Gasteiger partial charge in [-0.3, -0.25) is 0 Å². The first-order valence-electron chi connectivity index (χ1n) is 5.90. The quantitative estimate of drug-likeness (QED) is 0.911. The molecule has 1 aromatic rings. The molecule has 1 heterocycles. The molecule has 18 heavy (non-hydrogen) atoms. The minimum atomic E-state index is -2.84. The van der Waals surface area contributed by atoms with Crippen LogP contribution in [0.15, 0.2) is 18.2 Å². The van der Waals surface area contributed by atoms with Gasteiger partial charge in [-0.25, -0.2) is 8.42 Å². The van der Waals surface area contributed by atoms with Gasteiger partial charge in [0.1, 0.15) is 0 Å². The van der Waals surface area contributed by atoms with E-state index in [9.17, 15) is 8.42 Å². The van der Waals surface area contributed by atoms with Crippen molar-refractivity contribution in [1.29, 1.82) is 0 Å². The zero-order chi connectivity index (χ0) is 13.2. The summed E-state index contributed by atoms with van der Waals surface area (Å²) in [5.74, 6) is 0.450. The Hall–Kier alpha value is -0.780. The van der Waals surface area contributed by atoms with Gasteiger partial charge in [-0.2, -0.15) is 0 Å². The Morgan fingerprint density at radius 3 is 2.56 bits per heavy atom. The van der Waals surface area contributed by atoms with E-state index < -0.39 is 9.84 Å². The van der Waals surface area contributed by atoms with E-state index in [1.165, 1.54) is 0 Å². The van der Waals surface area contributed by atoms with Crippen LogP contribution >= 0.6 is 11.6 Å². The molecule has 0 saturated carbocycles. The maximum Gasteiger partial charge on any atom is 0.153 e. The standard InChI is InChI=1S/C12H17ClN2O2S/c1-14-9-10-2-3-11(8-12(10)13)15-4-6-18(16,17)7-5-15/h2-3,8,14H,4-7,9H2,1H3. The number of hydrogen-bond acceptors (Lipinski definition) is 4. The van der Waals surface area contributed by atoms with Crippen LogP contribution in [0.2, 0.25) is 5.02 Å². The molecule has 0 aromatic heterocycles. The Morgan fingerprint density at radius 2 is 2.00 bits per heavy atom. The second-order valence-electron chi connectivity index (χ2n) is 4.44. The molecular weight excluding hydrogens is 272 g/mol. The fourth-order valence-electron chi connectivity index (χ4n) is 2.04. The van der Waals surface area contributed by atoms with Crippen LogP contribution < -0.4 is 10.2 Å². The zero-order valence-electron chi connectivity index (χ0n) is 10.3. The van der Waals surface area contributed by atoms with Crippen LogP contribution in [-0.2, 0) is 16.4 Å². The SMILES string of the molecule is CNCc1ccc(N2CCS(=O)(=O)CC2)cc1Cl. The van der Waals surface area contributed by atoms with Crippen LogP contribution in [0.5, 0.6) is 0 Å². The summed E-state index contributed by atoms with van der Waals surface area (Å²) in [6.07, 6.45) is 0. The van der Waals surface area contributed by atoms with Crippen molar-refractivity contribution in [2.75, 3.05) is 36.5 Å². The van der Waals surface area contributed by atoms with Gasteiger partial charge >= 0.3 is 0 Å². The number of anilines is 1. The molecule has 0 unspecified atom stereocenters. The van der Waals surface area contributed by atoms with E-state index in [4.69, 9.17) is 11.6 Å². The zero-order valence-corrected chi connectivity index (χ0v) is 11.9. The minimum Gasteiger partial charge on any atom is -0.369 e. The van der Waals surface area contributed by atoms with Gasteiger partial charge in [-0.15, -0.1) is 0 Å². The molecule has 1 aliphatic rings. The number of nitrogens with one attached hydrogen (secondary N) is 1. The Labute approximate surface area is 113 Å². The molecule has 6 heteroatoms. The summed E-state index contributed by atoms with van der Waals surface area (Å²) in [5, 5.41) is 3.78. The van der Waals surface area contributed by atoms with Gasteiger partial charge in [0.25, 0.3) is 0 Å². The minimum absolute atomic E-state index is 0.225. The number of hydrogen-bond donors (Lipinski definition) is 1. The summed E-state index contributed by atoms with van der Waals surface area (Å²) in [7, 11) is -0.960. The number of nitrogens with zero attached hydrogens (tertiary/aromatic N) is 1. The molecule has 0 aliphatic carbocycles. The summed E-state index contributed by atoms with van der Waals surface area (Å²) in [5.41, 5.74) is 2.04. The molecule has 1 fully saturated rings. The monoisotopic (exact) mass is 288 g/mol. The molecule has 0 amide bonds. The number of sulfone groups is 1. The first-order chi connectivity index (χ1) is 8.52. The Morgan fingerprint density at radius 1 is 1.33 bits per heavy atom.